The predicted octanol–water partition coefficient (Wildman–Crippen LogP) is 12.2. The Hall–Kier alpha value is -5.71. The van der Waals surface area contributed by atoms with Crippen molar-refractivity contribution in [3.63, 3.8) is 0 Å². The maximum atomic E-state index is 6.43. The molecule has 0 aliphatic carbocycles. The summed E-state index contributed by atoms with van der Waals surface area (Å²) < 4.78 is 9.06. The number of hydrogen-bond acceptors (Lipinski definition) is 4. The van der Waals surface area contributed by atoms with Crippen LogP contribution in [-0.4, -0.2) is 4.98 Å². The maximum absolute atomic E-state index is 6.43. The number of hydrogen-bond donors (Lipinski definition) is 0. The van der Waals surface area contributed by atoms with Crippen LogP contribution < -0.4 is 4.90 Å². The van der Waals surface area contributed by atoms with Crippen LogP contribution in [0.25, 0.3) is 64.6 Å². The highest BCUT2D eigenvalue weighted by molar-refractivity contribution is 7.25. The van der Waals surface area contributed by atoms with Crippen LogP contribution in [0.4, 0.5) is 17.1 Å². The van der Waals surface area contributed by atoms with Gasteiger partial charge in [-0.1, -0.05) is 103 Å². The molecule has 2 heterocycles. The van der Waals surface area contributed by atoms with Crippen LogP contribution in [0.3, 0.4) is 0 Å². The largest absolute Gasteiger partial charge is 0.436 e. The van der Waals surface area contributed by atoms with Crippen molar-refractivity contribution in [2.24, 2.45) is 0 Å². The standard InChI is InChI=1S/C41H26N2OS/c1-3-12-28(13-4-1)41-42-40-33-17-8-7-16-32(33)35(26-36(40)44-41)43(29-14-5-2-6-15-29)30-24-22-27(23-25-30)31-19-11-21-38-39(31)34-18-9-10-20-37(34)45-38/h1-26H. The van der Waals surface area contributed by atoms with Crippen LogP contribution in [0.5, 0.6) is 0 Å². The van der Waals surface area contributed by atoms with E-state index in [1.54, 1.807) is 0 Å². The van der Waals surface area contributed by atoms with Crippen molar-refractivity contribution in [2.45, 2.75) is 0 Å². The molecular weight excluding hydrogens is 569 g/mol. The van der Waals surface area contributed by atoms with Gasteiger partial charge in [0.2, 0.25) is 5.89 Å². The van der Waals surface area contributed by atoms with Crippen LogP contribution in [0, 0.1) is 0 Å². The SMILES string of the molecule is c1ccc(-c2nc3c(cc(N(c4ccccc4)c4ccc(-c5cccc6sc7ccccc7c56)cc4)c4ccccc43)o2)cc1. The first-order chi connectivity index (χ1) is 22.3. The number of fused-ring (bicyclic) bond motifs is 6. The second-order valence-electron chi connectivity index (χ2n) is 11.2. The van der Waals surface area contributed by atoms with Gasteiger partial charge in [-0.2, -0.15) is 0 Å². The van der Waals surface area contributed by atoms with Crippen molar-refractivity contribution in [2.75, 3.05) is 4.90 Å². The third-order valence-electron chi connectivity index (χ3n) is 8.49. The van der Waals surface area contributed by atoms with E-state index >= 15 is 0 Å². The molecule has 0 aliphatic heterocycles. The third kappa shape index (κ3) is 4.30. The third-order valence-corrected chi connectivity index (χ3v) is 9.63. The second kappa shape index (κ2) is 10.5. The summed E-state index contributed by atoms with van der Waals surface area (Å²) in [6.07, 6.45) is 0. The zero-order valence-corrected chi connectivity index (χ0v) is 25.0. The van der Waals surface area contributed by atoms with Gasteiger partial charge in [-0.3, -0.25) is 0 Å². The lowest BCUT2D eigenvalue weighted by atomic mass is 9.99. The van der Waals surface area contributed by atoms with E-state index in [-0.39, 0.29) is 0 Å². The molecule has 0 amide bonds. The van der Waals surface area contributed by atoms with Gasteiger partial charge in [-0.25, -0.2) is 4.98 Å². The monoisotopic (exact) mass is 594 g/mol. The molecule has 7 aromatic carbocycles. The summed E-state index contributed by atoms with van der Waals surface area (Å²) in [5, 5.41) is 4.80. The topological polar surface area (TPSA) is 29.3 Å². The summed E-state index contributed by atoms with van der Waals surface area (Å²) in [7, 11) is 0. The molecular formula is C41H26N2OS. The minimum Gasteiger partial charge on any atom is -0.436 e. The number of aromatic nitrogens is 1. The summed E-state index contributed by atoms with van der Waals surface area (Å²) in [5.74, 6) is 0.624. The van der Waals surface area contributed by atoms with E-state index in [1.807, 2.05) is 41.7 Å². The van der Waals surface area contributed by atoms with Crippen molar-refractivity contribution in [1.29, 1.82) is 0 Å². The summed E-state index contributed by atoms with van der Waals surface area (Å²) in [6.45, 7) is 0. The molecule has 9 aromatic rings. The highest BCUT2D eigenvalue weighted by atomic mass is 32.1. The number of thiophene rings is 1. The maximum Gasteiger partial charge on any atom is 0.227 e. The number of nitrogens with zero attached hydrogens (tertiary/aromatic N) is 2. The quantitative estimate of drug-likeness (QED) is 0.198. The molecule has 0 aliphatic rings. The van der Waals surface area contributed by atoms with Crippen molar-refractivity contribution in [3.05, 3.63) is 158 Å². The Kier molecular flexibility index (Phi) is 6.00. The molecule has 0 N–H and O–H groups in total. The first kappa shape index (κ1) is 25.8. The van der Waals surface area contributed by atoms with Crippen molar-refractivity contribution in [1.82, 2.24) is 4.98 Å². The van der Waals surface area contributed by atoms with E-state index in [2.05, 4.69) is 132 Å². The van der Waals surface area contributed by atoms with Gasteiger partial charge in [0, 0.05) is 53.9 Å². The molecule has 3 nitrogen and oxygen atoms in total. The Labute approximate surface area is 264 Å². The normalized spacial score (nSPS) is 11.6. The van der Waals surface area contributed by atoms with Crippen LogP contribution in [0.1, 0.15) is 0 Å². The van der Waals surface area contributed by atoms with E-state index in [0.717, 1.165) is 44.5 Å². The molecule has 4 heteroatoms. The summed E-state index contributed by atoms with van der Waals surface area (Å²) >= 11 is 1.85. The van der Waals surface area contributed by atoms with Crippen molar-refractivity contribution < 1.29 is 4.42 Å². The molecule has 0 atom stereocenters. The van der Waals surface area contributed by atoms with Gasteiger partial charge < -0.3 is 9.32 Å². The minimum atomic E-state index is 0.624. The molecule has 0 unspecified atom stereocenters. The number of oxazole rings is 1. The Morgan fingerprint density at radius 1 is 0.511 bits per heavy atom. The zero-order chi connectivity index (χ0) is 29.7. The fraction of sp³-hybridized carbons (Fsp3) is 0. The molecule has 0 saturated carbocycles. The molecule has 0 spiro atoms. The number of rotatable bonds is 5. The summed E-state index contributed by atoms with van der Waals surface area (Å²) in [4.78, 5) is 7.28. The van der Waals surface area contributed by atoms with E-state index in [1.165, 1.54) is 31.3 Å². The predicted molar refractivity (Wildman–Crippen MR) is 190 cm³/mol. The smallest absolute Gasteiger partial charge is 0.227 e. The van der Waals surface area contributed by atoms with Crippen LogP contribution in [0.15, 0.2) is 162 Å². The molecule has 0 radical (unpaired) electrons. The summed E-state index contributed by atoms with van der Waals surface area (Å²) in [5.41, 5.74) is 8.22. The molecule has 0 fully saturated rings. The van der Waals surface area contributed by atoms with Gasteiger partial charge >= 0.3 is 0 Å². The van der Waals surface area contributed by atoms with Gasteiger partial charge in [0.05, 0.1) is 5.69 Å². The minimum absolute atomic E-state index is 0.624. The fourth-order valence-electron chi connectivity index (χ4n) is 6.44. The van der Waals surface area contributed by atoms with Crippen LogP contribution >= 0.6 is 11.3 Å². The second-order valence-corrected chi connectivity index (χ2v) is 12.3. The van der Waals surface area contributed by atoms with Crippen LogP contribution in [-0.2, 0) is 0 Å². The van der Waals surface area contributed by atoms with Gasteiger partial charge in [-0.15, -0.1) is 11.3 Å². The Balaban J connectivity index is 1.23. The fourth-order valence-corrected chi connectivity index (χ4v) is 7.57. The average Bonchev–Trinajstić information content (AvgIpc) is 3.72. The van der Waals surface area contributed by atoms with Gasteiger partial charge in [0.1, 0.15) is 5.52 Å². The van der Waals surface area contributed by atoms with E-state index in [4.69, 9.17) is 9.40 Å². The lowest BCUT2D eigenvalue weighted by Gasteiger charge is -2.27. The van der Waals surface area contributed by atoms with E-state index in [9.17, 15) is 0 Å². The Morgan fingerprint density at radius 2 is 1.16 bits per heavy atom. The van der Waals surface area contributed by atoms with E-state index in [0.29, 0.717) is 5.89 Å². The van der Waals surface area contributed by atoms with Crippen molar-refractivity contribution in [3.8, 4) is 22.6 Å². The Morgan fingerprint density at radius 3 is 1.96 bits per heavy atom. The van der Waals surface area contributed by atoms with Crippen molar-refractivity contribution >= 4 is 70.4 Å². The highest BCUT2D eigenvalue weighted by Crippen LogP contribution is 2.44. The molecule has 2 aromatic heterocycles. The number of benzene rings is 7. The molecule has 212 valence electrons. The first-order valence-electron chi connectivity index (χ1n) is 15.1. The summed E-state index contributed by atoms with van der Waals surface area (Å²) in [6, 6.07) is 55.5. The average molecular weight is 595 g/mol. The molecule has 9 rings (SSSR count). The number of anilines is 3. The highest BCUT2D eigenvalue weighted by Gasteiger charge is 2.20. The van der Waals surface area contributed by atoms with Gasteiger partial charge in [0.15, 0.2) is 5.58 Å². The first-order valence-corrected chi connectivity index (χ1v) is 15.9. The van der Waals surface area contributed by atoms with Gasteiger partial charge in [-0.05, 0) is 59.7 Å². The lowest BCUT2D eigenvalue weighted by molar-refractivity contribution is 0.620. The zero-order valence-electron chi connectivity index (χ0n) is 24.2. The Bertz CT molecular complexity index is 2480. The number of para-hydroxylation sites is 1. The molecule has 0 saturated heterocycles. The molecule has 45 heavy (non-hydrogen) atoms. The van der Waals surface area contributed by atoms with Crippen LogP contribution in [0.2, 0.25) is 0 Å². The lowest BCUT2D eigenvalue weighted by Crippen LogP contribution is -2.10. The molecule has 0 bridgehead atoms. The van der Waals surface area contributed by atoms with E-state index < -0.39 is 0 Å². The van der Waals surface area contributed by atoms with Gasteiger partial charge in [0.25, 0.3) is 0 Å².